The van der Waals surface area contributed by atoms with Crippen molar-refractivity contribution in [3.63, 3.8) is 0 Å². The molecule has 3 nitrogen and oxygen atoms in total. The Balaban J connectivity index is 2.58. The summed E-state index contributed by atoms with van der Waals surface area (Å²) < 4.78 is 5.60. The van der Waals surface area contributed by atoms with Crippen molar-refractivity contribution in [1.29, 1.82) is 0 Å². The number of ether oxygens (including phenoxy) is 1. The van der Waals surface area contributed by atoms with Gasteiger partial charge in [-0.05, 0) is 31.0 Å². The molecule has 0 saturated heterocycles. The van der Waals surface area contributed by atoms with Crippen LogP contribution in [0, 0.1) is 13.8 Å². The maximum atomic E-state index is 11.9. The Morgan fingerprint density at radius 2 is 2.13 bits per heavy atom. The molecular weight excluding hydrogens is 190 g/mol. The summed E-state index contributed by atoms with van der Waals surface area (Å²) in [6, 6.07) is 3.33. The van der Waals surface area contributed by atoms with Gasteiger partial charge in [0.05, 0.1) is 18.2 Å². The van der Waals surface area contributed by atoms with Crippen molar-refractivity contribution in [2.45, 2.75) is 26.3 Å². The van der Waals surface area contributed by atoms with Gasteiger partial charge in [0.1, 0.15) is 5.75 Å². The molecule has 0 aliphatic carbocycles. The number of Topliss-reactive ketones (excluding diaryl/α,β-unsaturated/α-hetero) is 1. The lowest BCUT2D eigenvalue weighted by Gasteiger charge is -2.11. The van der Waals surface area contributed by atoms with E-state index in [1.165, 1.54) is 0 Å². The number of hydrogen-bond donors (Lipinski definition) is 1. The van der Waals surface area contributed by atoms with Crippen molar-refractivity contribution in [1.82, 2.24) is 0 Å². The number of fused-ring (bicyclic) bond motifs is 1. The lowest BCUT2D eigenvalue weighted by atomic mass is 9.98. The summed E-state index contributed by atoms with van der Waals surface area (Å²) in [6.45, 7) is 4.50. The van der Waals surface area contributed by atoms with E-state index in [9.17, 15) is 4.79 Å². The van der Waals surface area contributed by atoms with Crippen LogP contribution < -0.4 is 10.5 Å². The minimum Gasteiger partial charge on any atom is -0.492 e. The molecule has 0 spiro atoms. The number of carbonyl (C=O) groups excluding carboxylic acids is 1. The second-order valence-corrected chi connectivity index (χ2v) is 3.99. The second kappa shape index (κ2) is 3.66. The van der Waals surface area contributed by atoms with E-state index < -0.39 is 6.04 Å². The Kier molecular flexibility index (Phi) is 2.49. The largest absolute Gasteiger partial charge is 0.492 e. The number of benzene rings is 1. The fourth-order valence-electron chi connectivity index (χ4n) is 1.79. The van der Waals surface area contributed by atoms with E-state index in [1.54, 1.807) is 0 Å². The second-order valence-electron chi connectivity index (χ2n) is 3.99. The van der Waals surface area contributed by atoms with Gasteiger partial charge in [-0.1, -0.05) is 6.07 Å². The molecule has 1 heterocycles. The summed E-state index contributed by atoms with van der Waals surface area (Å²) in [5, 5.41) is 0. The number of nitrogens with two attached hydrogens (primary N) is 1. The van der Waals surface area contributed by atoms with E-state index in [4.69, 9.17) is 10.5 Å². The molecule has 1 aliphatic heterocycles. The standard InChI is InChI=1S/C12H15NO2/c1-7-3-4-9-11(14)10(13)5-6-15-12(9)8(7)2/h3-4,10H,5-6,13H2,1-2H3. The highest BCUT2D eigenvalue weighted by atomic mass is 16.5. The molecule has 15 heavy (non-hydrogen) atoms. The third-order valence-electron chi connectivity index (χ3n) is 2.95. The van der Waals surface area contributed by atoms with Gasteiger partial charge in [0.2, 0.25) is 0 Å². The van der Waals surface area contributed by atoms with Crippen LogP contribution in [0.2, 0.25) is 0 Å². The first kappa shape index (κ1) is 10.2. The van der Waals surface area contributed by atoms with Crippen molar-refractivity contribution in [3.8, 4) is 5.75 Å². The summed E-state index contributed by atoms with van der Waals surface area (Å²) in [4.78, 5) is 11.9. The van der Waals surface area contributed by atoms with E-state index in [2.05, 4.69) is 0 Å². The van der Waals surface area contributed by atoms with Gasteiger partial charge in [-0.2, -0.15) is 0 Å². The van der Waals surface area contributed by atoms with Gasteiger partial charge in [0.15, 0.2) is 5.78 Å². The van der Waals surface area contributed by atoms with Crippen LogP contribution in [0.15, 0.2) is 12.1 Å². The summed E-state index contributed by atoms with van der Waals surface area (Å²) in [5.41, 5.74) is 8.55. The number of hydrogen-bond acceptors (Lipinski definition) is 3. The summed E-state index contributed by atoms with van der Waals surface area (Å²) in [5.74, 6) is 0.707. The number of aryl methyl sites for hydroxylation is 1. The summed E-state index contributed by atoms with van der Waals surface area (Å²) >= 11 is 0. The fraction of sp³-hybridized carbons (Fsp3) is 0.417. The van der Waals surface area contributed by atoms with Crippen molar-refractivity contribution in [2.75, 3.05) is 6.61 Å². The molecule has 80 valence electrons. The van der Waals surface area contributed by atoms with Crippen LogP contribution in [0.4, 0.5) is 0 Å². The lowest BCUT2D eigenvalue weighted by Crippen LogP contribution is -2.30. The van der Waals surface area contributed by atoms with Crippen LogP contribution in [-0.2, 0) is 0 Å². The van der Waals surface area contributed by atoms with Crippen molar-refractivity contribution < 1.29 is 9.53 Å². The summed E-state index contributed by atoms with van der Waals surface area (Å²) in [7, 11) is 0. The zero-order valence-electron chi connectivity index (χ0n) is 9.04. The third-order valence-corrected chi connectivity index (χ3v) is 2.95. The maximum absolute atomic E-state index is 11.9. The first-order valence-corrected chi connectivity index (χ1v) is 5.14. The predicted octanol–water partition coefficient (Wildman–Crippen LogP) is 1.60. The van der Waals surface area contributed by atoms with E-state index in [0.717, 1.165) is 11.1 Å². The molecule has 0 saturated carbocycles. The quantitative estimate of drug-likeness (QED) is 0.699. The lowest BCUT2D eigenvalue weighted by molar-refractivity contribution is 0.0960. The normalized spacial score (nSPS) is 20.5. The molecule has 2 rings (SSSR count). The smallest absolute Gasteiger partial charge is 0.183 e. The van der Waals surface area contributed by atoms with Gasteiger partial charge in [-0.25, -0.2) is 0 Å². The van der Waals surface area contributed by atoms with Crippen molar-refractivity contribution >= 4 is 5.78 Å². The van der Waals surface area contributed by atoms with Gasteiger partial charge >= 0.3 is 0 Å². The molecule has 1 unspecified atom stereocenters. The van der Waals surface area contributed by atoms with Crippen LogP contribution in [0.25, 0.3) is 0 Å². The van der Waals surface area contributed by atoms with Crippen LogP contribution in [0.5, 0.6) is 5.75 Å². The zero-order chi connectivity index (χ0) is 11.0. The molecule has 0 amide bonds. The topological polar surface area (TPSA) is 52.3 Å². The van der Waals surface area contributed by atoms with Crippen LogP contribution in [0.3, 0.4) is 0 Å². The molecular formula is C12H15NO2. The van der Waals surface area contributed by atoms with E-state index in [0.29, 0.717) is 24.3 Å². The highest BCUT2D eigenvalue weighted by Crippen LogP contribution is 2.29. The van der Waals surface area contributed by atoms with Crippen LogP contribution >= 0.6 is 0 Å². The highest BCUT2D eigenvalue weighted by Gasteiger charge is 2.24. The number of carbonyl (C=O) groups is 1. The van der Waals surface area contributed by atoms with Gasteiger partial charge in [0, 0.05) is 6.42 Å². The first-order chi connectivity index (χ1) is 7.11. The van der Waals surface area contributed by atoms with Gasteiger partial charge in [-0.3, -0.25) is 4.79 Å². The van der Waals surface area contributed by atoms with E-state index in [1.807, 2.05) is 26.0 Å². The Hall–Kier alpha value is -1.35. The fourth-order valence-corrected chi connectivity index (χ4v) is 1.79. The Morgan fingerprint density at radius 1 is 1.40 bits per heavy atom. The third kappa shape index (κ3) is 1.63. The molecule has 3 heteroatoms. The predicted molar refractivity (Wildman–Crippen MR) is 58.3 cm³/mol. The van der Waals surface area contributed by atoms with Crippen LogP contribution in [-0.4, -0.2) is 18.4 Å². The number of ketones is 1. The Bertz CT molecular complexity index is 412. The zero-order valence-corrected chi connectivity index (χ0v) is 9.04. The SMILES string of the molecule is Cc1ccc2c(c1C)OCCC(N)C2=O. The monoisotopic (exact) mass is 205 g/mol. The maximum Gasteiger partial charge on any atom is 0.183 e. The first-order valence-electron chi connectivity index (χ1n) is 5.14. The average molecular weight is 205 g/mol. The van der Waals surface area contributed by atoms with Crippen molar-refractivity contribution in [3.05, 3.63) is 28.8 Å². The molecule has 1 aromatic rings. The molecule has 0 radical (unpaired) electrons. The number of rotatable bonds is 0. The average Bonchev–Trinajstić information content (AvgIpc) is 2.35. The minimum absolute atomic E-state index is 0.00870. The molecule has 1 atom stereocenters. The van der Waals surface area contributed by atoms with Gasteiger partial charge in [-0.15, -0.1) is 0 Å². The van der Waals surface area contributed by atoms with Gasteiger partial charge < -0.3 is 10.5 Å². The van der Waals surface area contributed by atoms with Crippen LogP contribution in [0.1, 0.15) is 27.9 Å². The molecule has 0 aromatic heterocycles. The molecule has 1 aromatic carbocycles. The van der Waals surface area contributed by atoms with E-state index >= 15 is 0 Å². The molecule has 0 fully saturated rings. The molecule has 0 bridgehead atoms. The highest BCUT2D eigenvalue weighted by molar-refractivity contribution is 6.03. The minimum atomic E-state index is -0.423. The molecule has 2 N–H and O–H groups in total. The summed E-state index contributed by atoms with van der Waals surface area (Å²) in [6.07, 6.45) is 0.589. The van der Waals surface area contributed by atoms with Gasteiger partial charge in [0.25, 0.3) is 0 Å². The Labute approximate surface area is 89.2 Å². The Morgan fingerprint density at radius 3 is 2.87 bits per heavy atom. The van der Waals surface area contributed by atoms with E-state index in [-0.39, 0.29) is 5.78 Å². The van der Waals surface area contributed by atoms with Crippen molar-refractivity contribution in [2.24, 2.45) is 5.73 Å². The molecule has 1 aliphatic rings.